The normalized spacial score (nSPS) is 10.3. The Hall–Kier alpha value is -2.72. The number of nitrogens with one attached hydrogen (secondary N) is 1. The Bertz CT molecular complexity index is 809. The van der Waals surface area contributed by atoms with Gasteiger partial charge in [-0.15, -0.1) is 11.3 Å². The fourth-order valence-corrected chi connectivity index (χ4v) is 3.08. The summed E-state index contributed by atoms with van der Waals surface area (Å²) in [6.45, 7) is 0. The highest BCUT2D eigenvalue weighted by atomic mass is 32.1. The summed E-state index contributed by atoms with van der Waals surface area (Å²) in [5.41, 5.74) is 2.97. The topological polar surface area (TPSA) is 46.2 Å². The Morgan fingerprint density at radius 1 is 0.792 bits per heavy atom. The van der Waals surface area contributed by atoms with E-state index in [1.807, 2.05) is 66.0 Å². The third-order valence-corrected chi connectivity index (χ3v) is 4.56. The van der Waals surface area contributed by atoms with Crippen molar-refractivity contribution in [1.82, 2.24) is 0 Å². The minimum atomic E-state index is -0.146. The molecule has 120 valence electrons. The first kappa shape index (κ1) is 16.1. The van der Waals surface area contributed by atoms with Crippen molar-refractivity contribution < 1.29 is 9.59 Å². The van der Waals surface area contributed by atoms with Crippen LogP contribution in [-0.4, -0.2) is 11.7 Å². The van der Waals surface area contributed by atoms with Gasteiger partial charge in [-0.1, -0.05) is 48.5 Å². The van der Waals surface area contributed by atoms with E-state index in [9.17, 15) is 9.59 Å². The maximum Gasteiger partial charge on any atom is 0.224 e. The van der Waals surface area contributed by atoms with Gasteiger partial charge in [0.05, 0.1) is 4.88 Å². The van der Waals surface area contributed by atoms with E-state index >= 15 is 0 Å². The van der Waals surface area contributed by atoms with E-state index in [0.717, 1.165) is 16.8 Å². The molecule has 0 atom stereocenters. The number of anilines is 1. The number of amides is 1. The predicted molar refractivity (Wildman–Crippen MR) is 98.4 cm³/mol. The van der Waals surface area contributed by atoms with Crippen LogP contribution < -0.4 is 5.32 Å². The number of hydrogen-bond acceptors (Lipinski definition) is 3. The first-order valence-corrected chi connectivity index (χ1v) is 8.62. The first-order valence-electron chi connectivity index (χ1n) is 7.74. The van der Waals surface area contributed by atoms with Crippen LogP contribution in [0.3, 0.4) is 0 Å². The fraction of sp³-hybridized carbons (Fsp3) is 0.100. The Morgan fingerprint density at radius 2 is 1.50 bits per heavy atom. The van der Waals surface area contributed by atoms with Crippen molar-refractivity contribution in [1.29, 1.82) is 0 Å². The van der Waals surface area contributed by atoms with Gasteiger partial charge in [0.15, 0.2) is 5.78 Å². The van der Waals surface area contributed by atoms with Crippen molar-refractivity contribution in [3.8, 4) is 11.1 Å². The highest BCUT2D eigenvalue weighted by molar-refractivity contribution is 7.12. The number of ketones is 1. The van der Waals surface area contributed by atoms with Gasteiger partial charge in [0.1, 0.15) is 0 Å². The third-order valence-electron chi connectivity index (χ3n) is 3.65. The SMILES string of the molecule is O=C(CCC(=O)c1cccs1)Nc1ccc(-c2ccccc2)cc1. The van der Waals surface area contributed by atoms with Gasteiger partial charge in [-0.05, 0) is 34.7 Å². The van der Waals surface area contributed by atoms with Crippen LogP contribution in [0.25, 0.3) is 11.1 Å². The molecule has 0 bridgehead atoms. The quantitative estimate of drug-likeness (QED) is 0.643. The largest absolute Gasteiger partial charge is 0.326 e. The van der Waals surface area contributed by atoms with Gasteiger partial charge in [-0.2, -0.15) is 0 Å². The van der Waals surface area contributed by atoms with Crippen molar-refractivity contribution in [3.63, 3.8) is 0 Å². The molecular formula is C20H17NO2S. The lowest BCUT2D eigenvalue weighted by molar-refractivity contribution is -0.116. The molecule has 4 heteroatoms. The zero-order chi connectivity index (χ0) is 16.8. The molecule has 3 rings (SSSR count). The molecule has 0 unspecified atom stereocenters. The molecule has 0 saturated carbocycles. The van der Waals surface area contributed by atoms with Crippen LogP contribution in [0.4, 0.5) is 5.69 Å². The monoisotopic (exact) mass is 335 g/mol. The molecular weight excluding hydrogens is 318 g/mol. The Kier molecular flexibility index (Phi) is 5.18. The highest BCUT2D eigenvalue weighted by Gasteiger charge is 2.10. The highest BCUT2D eigenvalue weighted by Crippen LogP contribution is 2.21. The summed E-state index contributed by atoms with van der Waals surface area (Å²) in [6, 6.07) is 21.4. The van der Waals surface area contributed by atoms with Crippen LogP contribution in [-0.2, 0) is 4.79 Å². The van der Waals surface area contributed by atoms with Gasteiger partial charge < -0.3 is 5.32 Å². The van der Waals surface area contributed by atoms with E-state index in [0.29, 0.717) is 4.88 Å². The van der Waals surface area contributed by atoms with Gasteiger partial charge in [-0.3, -0.25) is 9.59 Å². The lowest BCUT2D eigenvalue weighted by atomic mass is 10.1. The van der Waals surface area contributed by atoms with Crippen LogP contribution >= 0.6 is 11.3 Å². The van der Waals surface area contributed by atoms with Crippen molar-refractivity contribution in [2.24, 2.45) is 0 Å². The maximum absolute atomic E-state index is 12.0. The molecule has 0 aliphatic carbocycles. The van der Waals surface area contributed by atoms with E-state index in [4.69, 9.17) is 0 Å². The number of carbonyl (C=O) groups excluding carboxylic acids is 2. The van der Waals surface area contributed by atoms with E-state index in [1.54, 1.807) is 6.07 Å². The maximum atomic E-state index is 12.0. The van der Waals surface area contributed by atoms with Gasteiger partial charge >= 0.3 is 0 Å². The predicted octanol–water partition coefficient (Wildman–Crippen LogP) is 5.02. The number of Topliss-reactive ketones (excluding diaryl/α,β-unsaturated/α-hetero) is 1. The second-order valence-electron chi connectivity index (χ2n) is 5.39. The Morgan fingerprint density at radius 3 is 2.17 bits per heavy atom. The molecule has 0 spiro atoms. The molecule has 1 aromatic heterocycles. The van der Waals surface area contributed by atoms with E-state index in [-0.39, 0.29) is 24.5 Å². The van der Waals surface area contributed by atoms with Gasteiger partial charge in [0.2, 0.25) is 5.91 Å². The standard InChI is InChI=1S/C20H17NO2S/c22-18(19-7-4-14-24-19)12-13-20(23)21-17-10-8-16(9-11-17)15-5-2-1-3-6-15/h1-11,14H,12-13H2,(H,21,23). The van der Waals surface area contributed by atoms with Crippen molar-refractivity contribution in [2.75, 3.05) is 5.32 Å². The number of benzene rings is 2. The summed E-state index contributed by atoms with van der Waals surface area (Å²) in [7, 11) is 0. The van der Waals surface area contributed by atoms with Gasteiger partial charge in [-0.25, -0.2) is 0 Å². The van der Waals surface area contributed by atoms with Crippen LogP contribution in [0, 0.1) is 0 Å². The average Bonchev–Trinajstić information content (AvgIpc) is 3.16. The molecule has 0 aliphatic rings. The summed E-state index contributed by atoms with van der Waals surface area (Å²) in [4.78, 5) is 24.6. The molecule has 0 radical (unpaired) electrons. The second kappa shape index (κ2) is 7.70. The van der Waals surface area contributed by atoms with Crippen molar-refractivity contribution in [2.45, 2.75) is 12.8 Å². The smallest absolute Gasteiger partial charge is 0.224 e. The zero-order valence-corrected chi connectivity index (χ0v) is 13.9. The van der Waals surface area contributed by atoms with Crippen LogP contribution in [0.5, 0.6) is 0 Å². The number of hydrogen-bond donors (Lipinski definition) is 1. The van der Waals surface area contributed by atoms with Crippen LogP contribution in [0.1, 0.15) is 22.5 Å². The molecule has 0 fully saturated rings. The molecule has 1 N–H and O–H groups in total. The van der Waals surface area contributed by atoms with E-state index < -0.39 is 0 Å². The summed E-state index contributed by atoms with van der Waals surface area (Å²) in [5.74, 6) is -0.132. The molecule has 24 heavy (non-hydrogen) atoms. The Balaban J connectivity index is 1.54. The summed E-state index contributed by atoms with van der Waals surface area (Å²) in [5, 5.41) is 4.70. The van der Waals surface area contributed by atoms with Crippen molar-refractivity contribution >= 4 is 28.7 Å². The molecule has 2 aromatic carbocycles. The lowest BCUT2D eigenvalue weighted by Gasteiger charge is -2.06. The molecule has 3 nitrogen and oxygen atoms in total. The van der Waals surface area contributed by atoms with E-state index in [2.05, 4.69) is 5.32 Å². The number of rotatable bonds is 6. The minimum absolute atomic E-state index is 0.0135. The molecule has 0 saturated heterocycles. The summed E-state index contributed by atoms with van der Waals surface area (Å²) in [6.07, 6.45) is 0.422. The molecule has 1 amide bonds. The minimum Gasteiger partial charge on any atom is -0.326 e. The number of carbonyl (C=O) groups is 2. The van der Waals surface area contributed by atoms with Crippen LogP contribution in [0.2, 0.25) is 0 Å². The van der Waals surface area contributed by atoms with Crippen LogP contribution in [0.15, 0.2) is 72.1 Å². The molecule has 1 heterocycles. The first-order chi connectivity index (χ1) is 11.7. The third kappa shape index (κ3) is 4.18. The second-order valence-corrected chi connectivity index (χ2v) is 6.34. The Labute approximate surface area is 145 Å². The van der Waals surface area contributed by atoms with E-state index in [1.165, 1.54) is 11.3 Å². The van der Waals surface area contributed by atoms with Gasteiger partial charge in [0.25, 0.3) is 0 Å². The molecule has 0 aliphatic heterocycles. The summed E-state index contributed by atoms with van der Waals surface area (Å²) < 4.78 is 0. The lowest BCUT2D eigenvalue weighted by Crippen LogP contribution is -2.13. The fourth-order valence-electron chi connectivity index (χ4n) is 2.39. The molecule has 3 aromatic rings. The number of thiophene rings is 1. The average molecular weight is 335 g/mol. The zero-order valence-electron chi connectivity index (χ0n) is 13.1. The summed E-state index contributed by atoms with van der Waals surface area (Å²) >= 11 is 1.40. The van der Waals surface area contributed by atoms with Crippen molar-refractivity contribution in [3.05, 3.63) is 77.0 Å². The van der Waals surface area contributed by atoms with Gasteiger partial charge in [0, 0.05) is 18.5 Å².